The standard InChI is InChI=1S/C18H17ClFN5O2S/c19-11-1-3-12(4-2-11)27-10-15(26)24-5-7-25(8-6-24)16-13-9-14(20)28-17(13)23-18(21)22-16/h1-4,9H,5-8,10H2,(H2,21,22,23). The van der Waals surface area contributed by atoms with Crippen LogP contribution >= 0.6 is 22.9 Å². The van der Waals surface area contributed by atoms with Crippen molar-refractivity contribution in [3.63, 3.8) is 0 Å². The summed E-state index contributed by atoms with van der Waals surface area (Å²) in [6.07, 6.45) is 0. The summed E-state index contributed by atoms with van der Waals surface area (Å²) >= 11 is 6.78. The van der Waals surface area contributed by atoms with Gasteiger partial charge in [0.1, 0.15) is 16.4 Å². The molecule has 1 aromatic carbocycles. The summed E-state index contributed by atoms with van der Waals surface area (Å²) in [7, 11) is 0. The summed E-state index contributed by atoms with van der Waals surface area (Å²) in [5, 5.41) is 0.923. The minimum Gasteiger partial charge on any atom is -0.484 e. The van der Waals surface area contributed by atoms with E-state index in [-0.39, 0.29) is 23.6 Å². The summed E-state index contributed by atoms with van der Waals surface area (Å²) in [5.74, 6) is 1.21. The van der Waals surface area contributed by atoms with Crippen molar-refractivity contribution in [1.82, 2.24) is 14.9 Å². The number of nitrogen functional groups attached to an aromatic ring is 1. The van der Waals surface area contributed by atoms with Gasteiger partial charge in [-0.25, -0.2) is 4.98 Å². The molecule has 0 saturated carbocycles. The minimum absolute atomic E-state index is 0.0396. The summed E-state index contributed by atoms with van der Waals surface area (Å²) in [5.41, 5.74) is 5.77. The lowest BCUT2D eigenvalue weighted by Crippen LogP contribution is -2.50. The van der Waals surface area contributed by atoms with Gasteiger partial charge >= 0.3 is 0 Å². The first-order valence-corrected chi connectivity index (χ1v) is 9.83. The molecule has 10 heteroatoms. The van der Waals surface area contributed by atoms with Crippen molar-refractivity contribution in [3.8, 4) is 5.75 Å². The molecule has 3 heterocycles. The predicted octanol–water partition coefficient (Wildman–Crippen LogP) is 2.79. The summed E-state index contributed by atoms with van der Waals surface area (Å²) in [6, 6.07) is 8.28. The third kappa shape index (κ3) is 3.95. The number of nitrogens with two attached hydrogens (primary N) is 1. The Hall–Kier alpha value is -2.65. The molecule has 0 aliphatic carbocycles. The van der Waals surface area contributed by atoms with Crippen LogP contribution in [0.2, 0.25) is 5.02 Å². The number of amides is 1. The van der Waals surface area contributed by atoms with Crippen LogP contribution in [0.5, 0.6) is 5.75 Å². The number of fused-ring (bicyclic) bond motifs is 1. The Morgan fingerprint density at radius 1 is 1.21 bits per heavy atom. The fourth-order valence-corrected chi connectivity index (χ4v) is 3.96. The highest BCUT2D eigenvalue weighted by molar-refractivity contribution is 7.17. The van der Waals surface area contributed by atoms with Gasteiger partial charge in [0.25, 0.3) is 5.91 Å². The second-order valence-electron chi connectivity index (χ2n) is 6.29. The molecule has 4 rings (SSSR count). The van der Waals surface area contributed by atoms with Crippen molar-refractivity contribution in [3.05, 3.63) is 40.5 Å². The zero-order valence-electron chi connectivity index (χ0n) is 14.8. The molecular weight excluding hydrogens is 405 g/mol. The number of hydrogen-bond donors (Lipinski definition) is 1. The fourth-order valence-electron chi connectivity index (χ4n) is 3.07. The van der Waals surface area contributed by atoms with Crippen LogP contribution in [0.25, 0.3) is 10.2 Å². The fraction of sp³-hybridized carbons (Fsp3) is 0.278. The van der Waals surface area contributed by atoms with Crippen molar-refractivity contribution in [1.29, 1.82) is 0 Å². The van der Waals surface area contributed by atoms with E-state index in [2.05, 4.69) is 9.97 Å². The lowest BCUT2D eigenvalue weighted by molar-refractivity contribution is -0.133. The van der Waals surface area contributed by atoms with Crippen LogP contribution in [-0.4, -0.2) is 53.6 Å². The number of hydrogen-bond acceptors (Lipinski definition) is 7. The topological polar surface area (TPSA) is 84.6 Å². The van der Waals surface area contributed by atoms with Gasteiger partial charge in [-0.05, 0) is 30.3 Å². The molecule has 1 aliphatic rings. The smallest absolute Gasteiger partial charge is 0.260 e. The second kappa shape index (κ2) is 7.76. The van der Waals surface area contributed by atoms with E-state index in [1.807, 2.05) is 4.90 Å². The highest BCUT2D eigenvalue weighted by Crippen LogP contribution is 2.31. The Morgan fingerprint density at radius 3 is 2.64 bits per heavy atom. The van der Waals surface area contributed by atoms with Crippen molar-refractivity contribution in [2.75, 3.05) is 43.4 Å². The summed E-state index contributed by atoms with van der Waals surface area (Å²) in [6.45, 7) is 2.12. The SMILES string of the molecule is Nc1nc(N2CCN(C(=O)COc3ccc(Cl)cc3)CC2)c2cc(F)sc2n1. The van der Waals surface area contributed by atoms with Crippen LogP contribution in [0, 0.1) is 5.13 Å². The number of carbonyl (C=O) groups is 1. The number of benzene rings is 1. The number of thiophene rings is 1. The third-order valence-corrected chi connectivity index (χ3v) is 5.54. The molecule has 1 amide bonds. The van der Waals surface area contributed by atoms with Crippen molar-refractivity contribution in [2.45, 2.75) is 0 Å². The maximum Gasteiger partial charge on any atom is 0.260 e. The van der Waals surface area contributed by atoms with Crippen LogP contribution < -0.4 is 15.4 Å². The minimum atomic E-state index is -0.329. The largest absolute Gasteiger partial charge is 0.484 e. The quantitative estimate of drug-likeness (QED) is 0.697. The first-order valence-electron chi connectivity index (χ1n) is 8.63. The summed E-state index contributed by atoms with van der Waals surface area (Å²) < 4.78 is 19.2. The third-order valence-electron chi connectivity index (χ3n) is 4.47. The molecule has 2 N–H and O–H groups in total. The average Bonchev–Trinajstić information content (AvgIpc) is 3.06. The van der Waals surface area contributed by atoms with Crippen LogP contribution in [-0.2, 0) is 4.79 Å². The van der Waals surface area contributed by atoms with E-state index in [0.29, 0.717) is 53.0 Å². The Balaban J connectivity index is 1.38. The first-order chi connectivity index (χ1) is 13.5. The molecule has 1 aliphatic heterocycles. The van der Waals surface area contributed by atoms with Gasteiger partial charge < -0.3 is 20.3 Å². The Labute approximate surface area is 169 Å². The molecule has 2 aromatic heterocycles. The molecule has 7 nitrogen and oxygen atoms in total. The molecule has 0 unspecified atom stereocenters. The van der Waals surface area contributed by atoms with Gasteiger partial charge in [-0.3, -0.25) is 4.79 Å². The maximum absolute atomic E-state index is 13.6. The average molecular weight is 422 g/mol. The number of carbonyl (C=O) groups excluding carboxylic acids is 1. The summed E-state index contributed by atoms with van der Waals surface area (Å²) in [4.78, 5) is 25.0. The zero-order chi connectivity index (χ0) is 19.7. The Bertz CT molecular complexity index is 1010. The number of nitrogens with zero attached hydrogens (tertiary/aromatic N) is 4. The van der Waals surface area contributed by atoms with Crippen molar-refractivity contribution >= 4 is 50.8 Å². The normalized spacial score (nSPS) is 14.5. The molecule has 1 fully saturated rings. The number of ether oxygens (including phenoxy) is 1. The number of anilines is 2. The molecule has 0 bridgehead atoms. The van der Waals surface area contributed by atoms with Gasteiger partial charge in [-0.15, -0.1) is 0 Å². The van der Waals surface area contributed by atoms with Gasteiger partial charge in [-0.1, -0.05) is 22.9 Å². The van der Waals surface area contributed by atoms with Gasteiger partial charge in [0.15, 0.2) is 11.7 Å². The maximum atomic E-state index is 13.6. The number of rotatable bonds is 4. The molecule has 28 heavy (non-hydrogen) atoms. The van der Waals surface area contributed by atoms with Gasteiger partial charge in [0, 0.05) is 31.2 Å². The monoisotopic (exact) mass is 421 g/mol. The molecule has 3 aromatic rings. The molecular formula is C18H17ClFN5O2S. The highest BCUT2D eigenvalue weighted by Gasteiger charge is 2.24. The molecule has 1 saturated heterocycles. The van der Waals surface area contributed by atoms with Crippen molar-refractivity contribution < 1.29 is 13.9 Å². The Morgan fingerprint density at radius 2 is 1.93 bits per heavy atom. The van der Waals surface area contributed by atoms with E-state index in [0.717, 1.165) is 11.3 Å². The molecule has 146 valence electrons. The zero-order valence-corrected chi connectivity index (χ0v) is 16.3. The lowest BCUT2D eigenvalue weighted by Gasteiger charge is -2.35. The van der Waals surface area contributed by atoms with E-state index < -0.39 is 0 Å². The van der Waals surface area contributed by atoms with Crippen LogP contribution in [0.1, 0.15) is 0 Å². The van der Waals surface area contributed by atoms with E-state index in [9.17, 15) is 9.18 Å². The number of halogens is 2. The van der Waals surface area contributed by atoms with Gasteiger partial charge in [0.2, 0.25) is 5.95 Å². The first kappa shape index (κ1) is 18.7. The molecule has 0 radical (unpaired) electrons. The van der Waals surface area contributed by atoms with Crippen LogP contribution in [0.3, 0.4) is 0 Å². The van der Waals surface area contributed by atoms with E-state index >= 15 is 0 Å². The lowest BCUT2D eigenvalue weighted by atomic mass is 10.2. The molecule has 0 atom stereocenters. The number of piperazine rings is 1. The molecule has 0 spiro atoms. The Kier molecular flexibility index (Phi) is 5.19. The van der Waals surface area contributed by atoms with Gasteiger partial charge in [-0.2, -0.15) is 9.37 Å². The predicted molar refractivity (Wildman–Crippen MR) is 108 cm³/mol. The van der Waals surface area contributed by atoms with Crippen LogP contribution in [0.4, 0.5) is 16.2 Å². The van der Waals surface area contributed by atoms with E-state index in [1.165, 1.54) is 6.07 Å². The van der Waals surface area contributed by atoms with E-state index in [4.69, 9.17) is 22.1 Å². The van der Waals surface area contributed by atoms with Gasteiger partial charge in [0.05, 0.1) is 5.39 Å². The van der Waals surface area contributed by atoms with Crippen LogP contribution in [0.15, 0.2) is 30.3 Å². The second-order valence-corrected chi connectivity index (χ2v) is 7.70. The highest BCUT2D eigenvalue weighted by atomic mass is 35.5. The van der Waals surface area contributed by atoms with E-state index in [1.54, 1.807) is 29.2 Å². The van der Waals surface area contributed by atoms with Crippen molar-refractivity contribution in [2.24, 2.45) is 0 Å². The number of aromatic nitrogens is 2.